The van der Waals surface area contributed by atoms with Crippen molar-refractivity contribution in [2.45, 2.75) is 19.3 Å². The van der Waals surface area contributed by atoms with E-state index in [0.717, 1.165) is 11.4 Å². The molecule has 1 unspecified atom stereocenters. The summed E-state index contributed by atoms with van der Waals surface area (Å²) in [5, 5.41) is 18.7. The molecule has 1 aromatic rings. The van der Waals surface area contributed by atoms with Gasteiger partial charge in [0, 0.05) is 25.1 Å². The molecular formula is C16H14ClN3O2. The molecule has 2 aliphatic rings. The van der Waals surface area contributed by atoms with E-state index in [1.54, 1.807) is 29.1 Å². The SMILES string of the molecule is N#CC1=CC=C(n2cnc3c2C(=O)CC(CO)C3)CC=C1Cl. The lowest BCUT2D eigenvalue weighted by Gasteiger charge is -2.20. The fraction of sp³-hybridized carbons (Fsp3) is 0.312. The molecule has 6 heteroatoms. The van der Waals surface area contributed by atoms with Gasteiger partial charge in [-0.25, -0.2) is 4.98 Å². The van der Waals surface area contributed by atoms with Gasteiger partial charge in [0.25, 0.3) is 0 Å². The quantitative estimate of drug-likeness (QED) is 0.909. The maximum absolute atomic E-state index is 12.3. The van der Waals surface area contributed by atoms with Crippen LogP contribution in [0.2, 0.25) is 0 Å². The summed E-state index contributed by atoms with van der Waals surface area (Å²) in [4.78, 5) is 16.7. The van der Waals surface area contributed by atoms with E-state index in [0.29, 0.717) is 35.6 Å². The number of aromatic nitrogens is 2. The van der Waals surface area contributed by atoms with Crippen LogP contribution in [-0.2, 0) is 6.42 Å². The first kappa shape index (κ1) is 14.8. The van der Waals surface area contributed by atoms with Crippen LogP contribution in [0, 0.1) is 17.2 Å². The summed E-state index contributed by atoms with van der Waals surface area (Å²) in [6, 6.07) is 2.04. The fourth-order valence-electron chi connectivity index (χ4n) is 2.78. The number of imidazole rings is 1. The number of rotatable bonds is 2. The van der Waals surface area contributed by atoms with Crippen LogP contribution in [0.3, 0.4) is 0 Å². The van der Waals surface area contributed by atoms with Gasteiger partial charge in [0.2, 0.25) is 0 Å². The van der Waals surface area contributed by atoms with E-state index in [-0.39, 0.29) is 18.3 Å². The molecule has 5 nitrogen and oxygen atoms in total. The predicted octanol–water partition coefficient (Wildman–Crippen LogP) is 2.44. The number of Topliss-reactive ketones (excluding diaryl/α,β-unsaturated/α-hetero) is 1. The number of carbonyl (C=O) groups excluding carboxylic acids is 1. The van der Waals surface area contributed by atoms with Crippen molar-refractivity contribution in [2.75, 3.05) is 6.61 Å². The summed E-state index contributed by atoms with van der Waals surface area (Å²) < 4.78 is 1.77. The zero-order valence-electron chi connectivity index (χ0n) is 11.8. The van der Waals surface area contributed by atoms with Crippen molar-refractivity contribution in [3.8, 4) is 6.07 Å². The molecule has 0 bridgehead atoms. The van der Waals surface area contributed by atoms with E-state index in [1.807, 2.05) is 6.07 Å². The second-order valence-corrected chi connectivity index (χ2v) is 5.80. The maximum Gasteiger partial charge on any atom is 0.181 e. The lowest BCUT2D eigenvalue weighted by molar-refractivity contribution is 0.0911. The normalized spacial score (nSPS) is 21.2. The van der Waals surface area contributed by atoms with E-state index < -0.39 is 0 Å². The molecule has 0 saturated heterocycles. The second kappa shape index (κ2) is 5.91. The van der Waals surface area contributed by atoms with Crippen molar-refractivity contribution in [3.05, 3.63) is 46.5 Å². The number of carbonyl (C=O) groups is 1. The Kier molecular flexibility index (Phi) is 3.97. The third kappa shape index (κ3) is 2.52. The Balaban J connectivity index is 2.01. The molecule has 0 aromatic carbocycles. The first-order chi connectivity index (χ1) is 10.6. The summed E-state index contributed by atoms with van der Waals surface area (Å²) in [6.07, 6.45) is 8.27. The topological polar surface area (TPSA) is 78.9 Å². The summed E-state index contributed by atoms with van der Waals surface area (Å²) in [5.41, 5.74) is 2.54. The number of nitrogens with zero attached hydrogens (tertiary/aromatic N) is 3. The minimum absolute atomic E-state index is 0.00660. The molecule has 0 aliphatic heterocycles. The highest BCUT2D eigenvalue weighted by atomic mass is 35.5. The first-order valence-corrected chi connectivity index (χ1v) is 7.39. The van der Waals surface area contributed by atoms with Crippen LogP contribution < -0.4 is 0 Å². The molecule has 1 N–H and O–H groups in total. The summed E-state index contributed by atoms with van der Waals surface area (Å²) in [7, 11) is 0. The van der Waals surface area contributed by atoms with E-state index in [2.05, 4.69) is 4.98 Å². The number of aliphatic hydroxyl groups excluding tert-OH is 1. The highest BCUT2D eigenvalue weighted by Gasteiger charge is 2.29. The molecule has 1 aromatic heterocycles. The molecular weight excluding hydrogens is 302 g/mol. The minimum atomic E-state index is -0.0501. The lowest BCUT2D eigenvalue weighted by Crippen LogP contribution is -2.24. The maximum atomic E-state index is 12.3. The number of hydrogen-bond acceptors (Lipinski definition) is 4. The minimum Gasteiger partial charge on any atom is -0.396 e. The largest absolute Gasteiger partial charge is 0.396 e. The van der Waals surface area contributed by atoms with Crippen LogP contribution in [-0.4, -0.2) is 27.0 Å². The van der Waals surface area contributed by atoms with E-state index in [9.17, 15) is 9.90 Å². The Morgan fingerprint density at radius 1 is 1.45 bits per heavy atom. The van der Waals surface area contributed by atoms with Crippen LogP contribution >= 0.6 is 11.6 Å². The molecule has 1 heterocycles. The number of hydrogen-bond donors (Lipinski definition) is 1. The van der Waals surface area contributed by atoms with Gasteiger partial charge in [0.1, 0.15) is 11.8 Å². The molecule has 22 heavy (non-hydrogen) atoms. The average Bonchev–Trinajstić information content (AvgIpc) is 2.85. The van der Waals surface area contributed by atoms with Gasteiger partial charge in [-0.3, -0.25) is 9.36 Å². The average molecular weight is 316 g/mol. The monoisotopic (exact) mass is 315 g/mol. The fourth-order valence-corrected chi connectivity index (χ4v) is 2.96. The summed E-state index contributed by atoms with van der Waals surface area (Å²) in [5.74, 6) is -0.0617. The standard InChI is InChI=1S/C16H14ClN3O2/c17-13-4-3-12(2-1-11(13)7-18)20-9-19-14-5-10(8-21)6-15(22)16(14)20/h1-2,4,9-10,21H,3,5-6,8H2. The van der Waals surface area contributed by atoms with Crippen molar-refractivity contribution in [3.63, 3.8) is 0 Å². The molecule has 0 fully saturated rings. The number of nitriles is 1. The van der Waals surface area contributed by atoms with Gasteiger partial charge in [0.05, 0.1) is 22.6 Å². The molecule has 0 amide bonds. The molecule has 2 aliphatic carbocycles. The van der Waals surface area contributed by atoms with E-state index >= 15 is 0 Å². The third-order valence-electron chi connectivity index (χ3n) is 3.94. The number of aliphatic hydroxyl groups is 1. The van der Waals surface area contributed by atoms with Crippen LogP contribution in [0.1, 0.15) is 29.0 Å². The van der Waals surface area contributed by atoms with Gasteiger partial charge in [-0.2, -0.15) is 5.26 Å². The number of halogens is 1. The molecule has 0 radical (unpaired) electrons. The number of ketones is 1. The van der Waals surface area contributed by atoms with Crippen molar-refractivity contribution >= 4 is 23.1 Å². The predicted molar refractivity (Wildman–Crippen MR) is 82.0 cm³/mol. The Bertz CT molecular complexity index is 765. The first-order valence-electron chi connectivity index (χ1n) is 7.01. The van der Waals surface area contributed by atoms with Crippen LogP contribution in [0.5, 0.6) is 0 Å². The third-order valence-corrected chi connectivity index (χ3v) is 4.30. The molecule has 112 valence electrons. The van der Waals surface area contributed by atoms with Crippen molar-refractivity contribution < 1.29 is 9.90 Å². The summed E-state index contributed by atoms with van der Waals surface area (Å²) in [6.45, 7) is -0.00660. The van der Waals surface area contributed by atoms with Crippen molar-refractivity contribution in [1.29, 1.82) is 5.26 Å². The van der Waals surface area contributed by atoms with Crippen molar-refractivity contribution in [1.82, 2.24) is 9.55 Å². The van der Waals surface area contributed by atoms with Gasteiger partial charge < -0.3 is 5.11 Å². The number of fused-ring (bicyclic) bond motifs is 1. The highest BCUT2D eigenvalue weighted by molar-refractivity contribution is 6.32. The lowest BCUT2D eigenvalue weighted by atomic mass is 9.89. The molecule has 0 spiro atoms. The van der Waals surface area contributed by atoms with E-state index in [4.69, 9.17) is 16.9 Å². The van der Waals surface area contributed by atoms with Gasteiger partial charge >= 0.3 is 0 Å². The Labute approximate surface area is 132 Å². The van der Waals surface area contributed by atoms with E-state index in [1.165, 1.54) is 0 Å². The van der Waals surface area contributed by atoms with Gasteiger partial charge in [0.15, 0.2) is 5.78 Å². The zero-order chi connectivity index (χ0) is 15.7. The van der Waals surface area contributed by atoms with Gasteiger partial charge in [-0.1, -0.05) is 17.7 Å². The van der Waals surface area contributed by atoms with Gasteiger partial charge in [-0.15, -0.1) is 0 Å². The number of allylic oxidation sites excluding steroid dienone is 6. The van der Waals surface area contributed by atoms with Crippen LogP contribution in [0.4, 0.5) is 0 Å². The Morgan fingerprint density at radius 2 is 2.27 bits per heavy atom. The summed E-state index contributed by atoms with van der Waals surface area (Å²) >= 11 is 6.04. The molecule has 0 saturated carbocycles. The van der Waals surface area contributed by atoms with Gasteiger partial charge in [-0.05, 0) is 24.5 Å². The molecule has 3 rings (SSSR count). The smallest absolute Gasteiger partial charge is 0.181 e. The second-order valence-electron chi connectivity index (χ2n) is 5.40. The molecule has 1 atom stereocenters. The van der Waals surface area contributed by atoms with Crippen LogP contribution in [0.15, 0.2) is 35.2 Å². The van der Waals surface area contributed by atoms with Crippen molar-refractivity contribution in [2.24, 2.45) is 5.92 Å². The highest BCUT2D eigenvalue weighted by Crippen LogP contribution is 2.29. The Morgan fingerprint density at radius 3 is 3.00 bits per heavy atom. The Hall–Kier alpha value is -2.16. The van der Waals surface area contributed by atoms with Crippen LogP contribution in [0.25, 0.3) is 5.70 Å². The zero-order valence-corrected chi connectivity index (χ0v) is 12.5.